The average Bonchev–Trinajstić information content (AvgIpc) is 2.08. The van der Waals surface area contributed by atoms with E-state index in [0.717, 1.165) is 12.3 Å². The zero-order chi connectivity index (χ0) is 6.43. The van der Waals surface area contributed by atoms with Crippen LogP contribution in [-0.2, 0) is 4.79 Å². The topological polar surface area (TPSA) is 29.1 Å². The number of hydrogen-bond donors (Lipinski definition) is 1. The zero-order valence-corrected chi connectivity index (χ0v) is 5.55. The van der Waals surface area contributed by atoms with Gasteiger partial charge in [0.05, 0.1) is 5.92 Å². The Kier molecular flexibility index (Phi) is 0.875. The van der Waals surface area contributed by atoms with Crippen molar-refractivity contribution in [1.29, 1.82) is 0 Å². The second-order valence-corrected chi connectivity index (χ2v) is 3.30. The molecule has 1 saturated carbocycles. The molecule has 0 aromatic heterocycles. The van der Waals surface area contributed by atoms with E-state index in [-0.39, 0.29) is 5.91 Å². The van der Waals surface area contributed by atoms with Crippen molar-refractivity contribution < 1.29 is 4.79 Å². The van der Waals surface area contributed by atoms with Crippen molar-refractivity contribution in [2.24, 2.45) is 11.8 Å². The number of carbonyl (C=O) groups is 1. The SMILES string of the molecule is CC1C[C@@H]2C(=O)N[C@@H]2C1. The summed E-state index contributed by atoms with van der Waals surface area (Å²) in [4.78, 5) is 10.7. The summed E-state index contributed by atoms with van der Waals surface area (Å²) in [6.07, 6.45) is 2.33. The number of hydrogen-bond acceptors (Lipinski definition) is 1. The van der Waals surface area contributed by atoms with Gasteiger partial charge in [0, 0.05) is 6.04 Å². The van der Waals surface area contributed by atoms with Crippen molar-refractivity contribution in [3.8, 4) is 0 Å². The highest BCUT2D eigenvalue weighted by Gasteiger charge is 2.45. The molecule has 2 nitrogen and oxygen atoms in total. The second-order valence-electron chi connectivity index (χ2n) is 3.30. The Balaban J connectivity index is 2.08. The fourth-order valence-electron chi connectivity index (χ4n) is 1.93. The lowest BCUT2D eigenvalue weighted by atomic mass is 9.94. The van der Waals surface area contributed by atoms with Crippen molar-refractivity contribution in [3.63, 3.8) is 0 Å². The highest BCUT2D eigenvalue weighted by atomic mass is 16.2. The van der Waals surface area contributed by atoms with Gasteiger partial charge in [-0.15, -0.1) is 0 Å². The maximum Gasteiger partial charge on any atom is 0.225 e. The average molecular weight is 125 g/mol. The van der Waals surface area contributed by atoms with Gasteiger partial charge in [0.1, 0.15) is 0 Å². The molecule has 1 N–H and O–H groups in total. The van der Waals surface area contributed by atoms with E-state index in [0.29, 0.717) is 12.0 Å². The third-order valence-corrected chi connectivity index (χ3v) is 2.46. The molecular formula is C7H11NO. The molecular weight excluding hydrogens is 114 g/mol. The van der Waals surface area contributed by atoms with E-state index in [1.165, 1.54) is 6.42 Å². The molecule has 0 aromatic rings. The summed E-state index contributed by atoms with van der Waals surface area (Å²) >= 11 is 0. The molecule has 2 heteroatoms. The Morgan fingerprint density at radius 2 is 2.33 bits per heavy atom. The highest BCUT2D eigenvalue weighted by molar-refractivity contribution is 5.86. The van der Waals surface area contributed by atoms with Gasteiger partial charge in [0.2, 0.25) is 5.91 Å². The van der Waals surface area contributed by atoms with E-state index in [1.807, 2.05) is 0 Å². The first-order valence-electron chi connectivity index (χ1n) is 3.58. The lowest BCUT2D eigenvalue weighted by Crippen LogP contribution is -2.54. The molecule has 1 aliphatic heterocycles. The quantitative estimate of drug-likeness (QED) is 0.470. The smallest absolute Gasteiger partial charge is 0.225 e. The Hall–Kier alpha value is -0.530. The van der Waals surface area contributed by atoms with Gasteiger partial charge in [-0.25, -0.2) is 0 Å². The van der Waals surface area contributed by atoms with Crippen LogP contribution in [0, 0.1) is 11.8 Å². The van der Waals surface area contributed by atoms with Crippen LogP contribution in [0.2, 0.25) is 0 Å². The maximum atomic E-state index is 10.7. The zero-order valence-electron chi connectivity index (χ0n) is 5.55. The number of carbonyl (C=O) groups excluding carboxylic acids is 1. The van der Waals surface area contributed by atoms with Crippen molar-refractivity contribution in [2.75, 3.05) is 0 Å². The molecule has 1 heterocycles. The van der Waals surface area contributed by atoms with Gasteiger partial charge in [0.25, 0.3) is 0 Å². The lowest BCUT2D eigenvalue weighted by molar-refractivity contribution is -0.133. The van der Waals surface area contributed by atoms with E-state index in [1.54, 1.807) is 0 Å². The molecule has 1 saturated heterocycles. The predicted molar refractivity (Wildman–Crippen MR) is 33.8 cm³/mol. The standard InChI is InChI=1S/C7H11NO/c1-4-2-5-6(3-4)8-7(5)9/h4-6H,2-3H2,1H3,(H,8,9)/t4?,5-,6+/m0/s1. The Labute approximate surface area is 54.6 Å². The largest absolute Gasteiger partial charge is 0.352 e. The van der Waals surface area contributed by atoms with Gasteiger partial charge in [-0.05, 0) is 18.8 Å². The van der Waals surface area contributed by atoms with Gasteiger partial charge in [-0.3, -0.25) is 4.79 Å². The van der Waals surface area contributed by atoms with Crippen LogP contribution in [0.15, 0.2) is 0 Å². The van der Waals surface area contributed by atoms with E-state index in [4.69, 9.17) is 0 Å². The normalized spacial score (nSPS) is 47.7. The Morgan fingerprint density at radius 1 is 1.56 bits per heavy atom. The summed E-state index contributed by atoms with van der Waals surface area (Å²) in [6, 6.07) is 0.549. The van der Waals surface area contributed by atoms with Crippen LogP contribution in [0.1, 0.15) is 19.8 Å². The summed E-state index contributed by atoms with van der Waals surface area (Å²) < 4.78 is 0. The molecule has 1 amide bonds. The van der Waals surface area contributed by atoms with Crippen LogP contribution in [-0.4, -0.2) is 11.9 Å². The molecule has 0 bridgehead atoms. The second kappa shape index (κ2) is 1.49. The molecule has 0 spiro atoms. The van der Waals surface area contributed by atoms with Gasteiger partial charge >= 0.3 is 0 Å². The van der Waals surface area contributed by atoms with Crippen LogP contribution < -0.4 is 5.32 Å². The minimum Gasteiger partial charge on any atom is -0.352 e. The van der Waals surface area contributed by atoms with Gasteiger partial charge in [-0.1, -0.05) is 6.92 Å². The summed E-state index contributed by atoms with van der Waals surface area (Å²) in [5, 5.41) is 2.90. The monoisotopic (exact) mass is 125 g/mol. The van der Waals surface area contributed by atoms with Crippen molar-refractivity contribution in [3.05, 3.63) is 0 Å². The molecule has 9 heavy (non-hydrogen) atoms. The summed E-state index contributed by atoms with van der Waals surface area (Å²) in [5.41, 5.74) is 0. The van der Waals surface area contributed by atoms with Crippen LogP contribution >= 0.6 is 0 Å². The molecule has 50 valence electrons. The van der Waals surface area contributed by atoms with E-state index in [2.05, 4.69) is 12.2 Å². The Morgan fingerprint density at radius 3 is 2.78 bits per heavy atom. The molecule has 2 aliphatic rings. The van der Waals surface area contributed by atoms with Crippen molar-refractivity contribution in [2.45, 2.75) is 25.8 Å². The minimum absolute atomic E-state index is 0.282. The number of nitrogens with one attached hydrogen (secondary N) is 1. The molecule has 2 fully saturated rings. The van der Waals surface area contributed by atoms with E-state index >= 15 is 0 Å². The minimum atomic E-state index is 0.282. The fraction of sp³-hybridized carbons (Fsp3) is 0.857. The van der Waals surface area contributed by atoms with Crippen LogP contribution in [0.5, 0.6) is 0 Å². The lowest BCUT2D eigenvalue weighted by Gasteiger charge is -2.30. The molecule has 1 unspecified atom stereocenters. The van der Waals surface area contributed by atoms with E-state index in [9.17, 15) is 4.79 Å². The summed E-state index contributed by atoms with van der Waals surface area (Å²) in [5.74, 6) is 1.43. The molecule has 0 aromatic carbocycles. The van der Waals surface area contributed by atoms with Crippen molar-refractivity contribution in [1.82, 2.24) is 5.32 Å². The Bertz CT molecular complexity index is 155. The molecule has 2 rings (SSSR count). The van der Waals surface area contributed by atoms with E-state index < -0.39 is 0 Å². The number of rotatable bonds is 0. The first-order valence-corrected chi connectivity index (χ1v) is 3.58. The van der Waals surface area contributed by atoms with Crippen molar-refractivity contribution >= 4 is 5.91 Å². The summed E-state index contributed by atoms with van der Waals surface area (Å²) in [7, 11) is 0. The first kappa shape index (κ1) is 5.27. The number of fused-ring (bicyclic) bond motifs is 1. The summed E-state index contributed by atoms with van der Waals surface area (Å²) in [6.45, 7) is 2.22. The van der Waals surface area contributed by atoms with Crippen LogP contribution in [0.4, 0.5) is 0 Å². The number of amides is 1. The first-order chi connectivity index (χ1) is 4.27. The third kappa shape index (κ3) is 0.590. The van der Waals surface area contributed by atoms with Crippen LogP contribution in [0.3, 0.4) is 0 Å². The van der Waals surface area contributed by atoms with Gasteiger partial charge in [0.15, 0.2) is 0 Å². The van der Waals surface area contributed by atoms with Gasteiger partial charge in [-0.2, -0.15) is 0 Å². The third-order valence-electron chi connectivity index (χ3n) is 2.46. The number of β-lactam (4-membered cyclic amide) rings is 1. The maximum absolute atomic E-state index is 10.7. The van der Waals surface area contributed by atoms with Crippen LogP contribution in [0.25, 0.3) is 0 Å². The molecule has 1 aliphatic carbocycles. The molecule has 0 radical (unpaired) electrons. The fourth-order valence-corrected chi connectivity index (χ4v) is 1.93. The molecule has 3 atom stereocenters. The predicted octanol–water partition coefficient (Wildman–Crippen LogP) is 0.531. The highest BCUT2D eigenvalue weighted by Crippen LogP contribution is 2.36. The van der Waals surface area contributed by atoms with Gasteiger partial charge < -0.3 is 5.32 Å².